The van der Waals surface area contributed by atoms with E-state index >= 15 is 0 Å². The molecule has 10 nitrogen and oxygen atoms in total. The highest BCUT2D eigenvalue weighted by molar-refractivity contribution is 7.89. The Balaban J connectivity index is 1.19. The van der Waals surface area contributed by atoms with Crippen molar-refractivity contribution in [3.63, 3.8) is 0 Å². The van der Waals surface area contributed by atoms with Gasteiger partial charge >= 0.3 is 0 Å². The minimum Gasteiger partial charge on any atom is -0.486 e. The number of hydrogen-bond donors (Lipinski definition) is 0. The fourth-order valence-electron chi connectivity index (χ4n) is 4.13. The van der Waals surface area contributed by atoms with Crippen LogP contribution in [0.4, 0.5) is 5.13 Å². The van der Waals surface area contributed by atoms with Crippen molar-refractivity contribution in [2.75, 3.05) is 50.8 Å². The molecule has 0 N–H and O–H groups in total. The van der Waals surface area contributed by atoms with Crippen LogP contribution in [0.2, 0.25) is 0 Å². The van der Waals surface area contributed by atoms with Gasteiger partial charge in [0.2, 0.25) is 21.8 Å². The molecule has 0 bridgehead atoms. The molecule has 3 aliphatic heterocycles. The number of carbonyl (C=O) groups is 2. The first kappa shape index (κ1) is 22.1. The second-order valence-electron chi connectivity index (χ2n) is 8.04. The minimum absolute atomic E-state index is 0.0672. The zero-order chi connectivity index (χ0) is 23.0. The predicted molar refractivity (Wildman–Crippen MR) is 120 cm³/mol. The van der Waals surface area contributed by atoms with E-state index in [4.69, 9.17) is 9.47 Å². The number of benzene rings is 1. The summed E-state index contributed by atoms with van der Waals surface area (Å²) in [6, 6.07) is 4.62. The normalized spacial score (nSPS) is 19.2. The van der Waals surface area contributed by atoms with Gasteiger partial charge in [0.25, 0.3) is 0 Å². The number of piperazine rings is 1. The average molecular weight is 493 g/mol. The lowest BCUT2D eigenvalue weighted by Gasteiger charge is -2.34. The van der Waals surface area contributed by atoms with Crippen LogP contribution in [-0.4, -0.2) is 80.4 Å². The third-order valence-electron chi connectivity index (χ3n) is 5.92. The van der Waals surface area contributed by atoms with E-state index in [9.17, 15) is 18.0 Å². The van der Waals surface area contributed by atoms with Gasteiger partial charge in [-0.05, 0) is 18.6 Å². The van der Waals surface area contributed by atoms with E-state index in [-0.39, 0.29) is 36.2 Å². The predicted octanol–water partition coefficient (Wildman–Crippen LogP) is 1.12. The van der Waals surface area contributed by atoms with Gasteiger partial charge in [0, 0.05) is 50.6 Å². The van der Waals surface area contributed by atoms with Crippen molar-refractivity contribution < 1.29 is 27.5 Å². The highest BCUT2D eigenvalue weighted by atomic mass is 32.2. The monoisotopic (exact) mass is 492 g/mol. The number of thiazole rings is 1. The Morgan fingerprint density at radius 1 is 1.06 bits per heavy atom. The Morgan fingerprint density at radius 3 is 2.55 bits per heavy atom. The smallest absolute Gasteiger partial charge is 0.243 e. The van der Waals surface area contributed by atoms with E-state index in [1.165, 1.54) is 27.8 Å². The maximum absolute atomic E-state index is 13.1. The number of fused-ring (bicyclic) bond motifs is 1. The molecule has 12 heteroatoms. The van der Waals surface area contributed by atoms with Crippen LogP contribution in [0.1, 0.15) is 18.5 Å². The van der Waals surface area contributed by atoms with E-state index in [0.717, 1.165) is 6.42 Å². The van der Waals surface area contributed by atoms with Crippen LogP contribution >= 0.6 is 11.3 Å². The largest absolute Gasteiger partial charge is 0.486 e. The highest BCUT2D eigenvalue weighted by Gasteiger charge is 2.31. The Morgan fingerprint density at radius 2 is 1.82 bits per heavy atom. The summed E-state index contributed by atoms with van der Waals surface area (Å²) in [5, 5.41) is 2.44. The number of sulfonamides is 1. The van der Waals surface area contributed by atoms with E-state index in [1.807, 2.05) is 0 Å². The van der Waals surface area contributed by atoms with Crippen molar-refractivity contribution in [1.29, 1.82) is 0 Å². The van der Waals surface area contributed by atoms with E-state index in [2.05, 4.69) is 4.98 Å². The van der Waals surface area contributed by atoms with Gasteiger partial charge in [-0.3, -0.25) is 14.5 Å². The maximum atomic E-state index is 13.1. The first-order chi connectivity index (χ1) is 15.9. The summed E-state index contributed by atoms with van der Waals surface area (Å²) >= 11 is 1.37. The molecule has 0 spiro atoms. The number of aromatic nitrogens is 1. The minimum atomic E-state index is -3.70. The van der Waals surface area contributed by atoms with Crippen molar-refractivity contribution in [3.8, 4) is 11.5 Å². The van der Waals surface area contributed by atoms with Crippen LogP contribution in [-0.2, 0) is 26.0 Å². The number of anilines is 1. The molecular formula is C21H24N4O6S2. The summed E-state index contributed by atoms with van der Waals surface area (Å²) in [5.74, 6) is 0.929. The van der Waals surface area contributed by atoms with Crippen molar-refractivity contribution in [2.24, 2.45) is 0 Å². The third kappa shape index (κ3) is 4.42. The van der Waals surface area contributed by atoms with Crippen LogP contribution in [0.15, 0.2) is 28.5 Å². The highest BCUT2D eigenvalue weighted by Crippen LogP contribution is 2.33. The molecule has 4 heterocycles. The molecule has 0 atom stereocenters. The molecule has 33 heavy (non-hydrogen) atoms. The van der Waals surface area contributed by atoms with Gasteiger partial charge in [-0.15, -0.1) is 11.3 Å². The van der Waals surface area contributed by atoms with Crippen molar-refractivity contribution in [3.05, 3.63) is 29.3 Å². The molecule has 1 aromatic carbocycles. The Labute approximate surface area is 195 Å². The lowest BCUT2D eigenvalue weighted by atomic mass is 10.2. The third-order valence-corrected chi connectivity index (χ3v) is 8.73. The van der Waals surface area contributed by atoms with Crippen LogP contribution in [0, 0.1) is 0 Å². The topological polar surface area (TPSA) is 109 Å². The quantitative estimate of drug-likeness (QED) is 0.615. The van der Waals surface area contributed by atoms with E-state index in [1.54, 1.807) is 21.2 Å². The van der Waals surface area contributed by atoms with Gasteiger partial charge in [0.1, 0.15) is 13.2 Å². The summed E-state index contributed by atoms with van der Waals surface area (Å²) in [7, 11) is -3.70. The van der Waals surface area contributed by atoms with Gasteiger partial charge < -0.3 is 14.4 Å². The number of amides is 2. The Hall–Kier alpha value is -2.70. The summed E-state index contributed by atoms with van der Waals surface area (Å²) in [4.78, 5) is 32.6. The fraction of sp³-hybridized carbons (Fsp3) is 0.476. The van der Waals surface area contributed by atoms with Crippen LogP contribution in [0.5, 0.6) is 11.5 Å². The fourth-order valence-corrected chi connectivity index (χ4v) is 6.44. The van der Waals surface area contributed by atoms with Crippen LogP contribution in [0.3, 0.4) is 0 Å². The lowest BCUT2D eigenvalue weighted by molar-refractivity contribution is -0.131. The Bertz CT molecular complexity index is 1170. The molecule has 2 saturated heterocycles. The van der Waals surface area contributed by atoms with Crippen LogP contribution < -0.4 is 14.4 Å². The lowest BCUT2D eigenvalue weighted by Crippen LogP contribution is -2.50. The molecule has 1 aromatic heterocycles. The second kappa shape index (κ2) is 8.92. The molecule has 2 fully saturated rings. The molecule has 0 saturated carbocycles. The molecule has 2 amide bonds. The second-order valence-corrected chi connectivity index (χ2v) is 10.8. The van der Waals surface area contributed by atoms with Gasteiger partial charge in [-0.25, -0.2) is 13.4 Å². The number of rotatable bonds is 5. The molecule has 3 aliphatic rings. The SMILES string of the molecule is O=C(Cc1csc(N2CCCC2=O)n1)N1CCN(S(=O)(=O)c2ccc3c(c2)OCCO3)CC1. The van der Waals surface area contributed by atoms with Gasteiger partial charge in [-0.1, -0.05) is 0 Å². The molecule has 0 radical (unpaired) electrons. The molecule has 5 rings (SSSR count). The number of nitrogens with zero attached hydrogens (tertiary/aromatic N) is 4. The molecule has 0 unspecified atom stereocenters. The summed E-state index contributed by atoms with van der Waals surface area (Å²) in [6.45, 7) is 2.54. The van der Waals surface area contributed by atoms with Crippen molar-refractivity contribution >= 4 is 38.3 Å². The maximum Gasteiger partial charge on any atom is 0.243 e. The molecular weight excluding hydrogens is 468 g/mol. The molecule has 176 valence electrons. The van der Waals surface area contributed by atoms with Crippen molar-refractivity contribution in [2.45, 2.75) is 24.2 Å². The van der Waals surface area contributed by atoms with E-state index in [0.29, 0.717) is 61.6 Å². The number of ether oxygens (including phenoxy) is 2. The summed E-state index contributed by atoms with van der Waals surface area (Å²) < 4.78 is 38.5. The van der Waals surface area contributed by atoms with E-state index < -0.39 is 10.0 Å². The molecule has 0 aliphatic carbocycles. The standard InChI is InChI=1S/C21H24N4O6S2/c26-19-2-1-5-25(19)21-22-15(14-32-21)12-20(27)23-6-8-24(9-7-23)33(28,29)16-3-4-17-18(13-16)31-11-10-30-17/h3-4,13-14H,1-2,5-12H2. The van der Waals surface area contributed by atoms with Gasteiger partial charge in [-0.2, -0.15) is 4.31 Å². The van der Waals surface area contributed by atoms with Crippen molar-refractivity contribution in [1.82, 2.24) is 14.2 Å². The Kier molecular flexibility index (Phi) is 5.97. The zero-order valence-corrected chi connectivity index (χ0v) is 19.6. The zero-order valence-electron chi connectivity index (χ0n) is 17.9. The number of carbonyl (C=O) groups excluding carboxylic acids is 2. The summed E-state index contributed by atoms with van der Waals surface area (Å²) in [5.41, 5.74) is 0.631. The first-order valence-electron chi connectivity index (χ1n) is 10.8. The summed E-state index contributed by atoms with van der Waals surface area (Å²) in [6.07, 6.45) is 1.49. The van der Waals surface area contributed by atoms with Crippen LogP contribution in [0.25, 0.3) is 0 Å². The van der Waals surface area contributed by atoms with Gasteiger partial charge in [0.15, 0.2) is 16.6 Å². The number of hydrogen-bond acceptors (Lipinski definition) is 8. The first-order valence-corrected chi connectivity index (χ1v) is 13.2. The van der Waals surface area contributed by atoms with Gasteiger partial charge in [0.05, 0.1) is 17.0 Å². The molecule has 2 aromatic rings. The average Bonchev–Trinajstić information content (AvgIpc) is 3.47.